The molecule has 0 aliphatic carbocycles. The van der Waals surface area contributed by atoms with E-state index >= 15 is 0 Å². The molecule has 0 aliphatic heterocycles. The lowest BCUT2D eigenvalue weighted by Crippen LogP contribution is -2.40. The van der Waals surface area contributed by atoms with Crippen molar-refractivity contribution in [1.29, 1.82) is 0 Å². The van der Waals surface area contributed by atoms with Gasteiger partial charge in [0.25, 0.3) is 0 Å². The maximum Gasteiger partial charge on any atom is 0.238 e. The lowest BCUT2D eigenvalue weighted by molar-refractivity contribution is 0.544. The number of benzene rings is 1. The monoisotopic (exact) mass is 304 g/mol. The van der Waals surface area contributed by atoms with Gasteiger partial charge in [0.2, 0.25) is 10.0 Å². The van der Waals surface area contributed by atoms with Crippen LogP contribution in [0, 0.1) is 0 Å². The molecule has 0 bridgehead atoms. The number of nitrogens with two attached hydrogens (primary N) is 1. The van der Waals surface area contributed by atoms with Crippen LogP contribution in [0.5, 0.6) is 0 Å². The van der Waals surface area contributed by atoms with E-state index in [1.807, 2.05) is 20.8 Å². The van der Waals surface area contributed by atoms with Crippen LogP contribution in [0.15, 0.2) is 29.2 Å². The minimum atomic E-state index is -3.64. The van der Waals surface area contributed by atoms with Crippen molar-refractivity contribution in [3.05, 3.63) is 29.8 Å². The molecule has 0 spiro atoms. The lowest BCUT2D eigenvalue weighted by atomic mass is 10.2. The second-order valence-corrected chi connectivity index (χ2v) is 8.83. The summed E-state index contributed by atoms with van der Waals surface area (Å²) in [6.07, 6.45) is 0.673. The lowest BCUT2D eigenvalue weighted by Gasteiger charge is -2.23. The summed E-state index contributed by atoms with van der Waals surface area (Å²) in [5.41, 5.74) is 0.964. The average Bonchev–Trinajstić information content (AvgIpc) is 2.27. The Labute approximate surface area is 118 Å². The first kappa shape index (κ1) is 16.5. The Balaban J connectivity index is 2.52. The Morgan fingerprint density at radius 1 is 1.26 bits per heavy atom. The largest absolute Gasteiger partial charge is 0.598 e. The van der Waals surface area contributed by atoms with Gasteiger partial charge in [-0.05, 0) is 44.9 Å². The fraction of sp³-hybridized carbons (Fsp3) is 0.500. The van der Waals surface area contributed by atoms with Gasteiger partial charge in [-0.1, -0.05) is 12.1 Å². The third-order valence-corrected chi connectivity index (χ3v) is 4.96. The van der Waals surface area contributed by atoms with Gasteiger partial charge in [0.1, 0.15) is 4.75 Å². The van der Waals surface area contributed by atoms with Crippen molar-refractivity contribution in [2.45, 2.75) is 36.8 Å². The molecule has 7 heteroatoms. The molecule has 0 radical (unpaired) electrons. The Bertz CT molecular complexity index is 507. The van der Waals surface area contributed by atoms with Crippen molar-refractivity contribution in [3.63, 3.8) is 0 Å². The molecule has 108 valence electrons. The molecule has 1 rings (SSSR count). The predicted molar refractivity (Wildman–Crippen MR) is 77.4 cm³/mol. The molecule has 1 atom stereocenters. The normalized spacial score (nSPS) is 14.4. The van der Waals surface area contributed by atoms with Crippen molar-refractivity contribution in [3.8, 4) is 0 Å². The van der Waals surface area contributed by atoms with Gasteiger partial charge >= 0.3 is 0 Å². The van der Waals surface area contributed by atoms with E-state index in [2.05, 4.69) is 4.72 Å². The number of sulfonamides is 1. The third kappa shape index (κ3) is 5.50. The maximum absolute atomic E-state index is 11.7. The highest BCUT2D eigenvalue weighted by molar-refractivity contribution is 7.90. The summed E-state index contributed by atoms with van der Waals surface area (Å²) in [5, 5.41) is 5.01. The first-order chi connectivity index (χ1) is 8.60. The van der Waals surface area contributed by atoms with Gasteiger partial charge in [0.15, 0.2) is 0 Å². The Morgan fingerprint density at radius 3 is 2.21 bits per heavy atom. The van der Waals surface area contributed by atoms with Crippen molar-refractivity contribution >= 4 is 21.4 Å². The van der Waals surface area contributed by atoms with Crippen LogP contribution in [0.2, 0.25) is 0 Å². The van der Waals surface area contributed by atoms with Crippen molar-refractivity contribution < 1.29 is 13.0 Å². The molecule has 0 amide bonds. The molecule has 0 aliphatic rings. The smallest absolute Gasteiger partial charge is 0.238 e. The van der Waals surface area contributed by atoms with Gasteiger partial charge in [-0.2, -0.15) is 0 Å². The van der Waals surface area contributed by atoms with Crippen LogP contribution in [-0.2, 0) is 27.8 Å². The summed E-state index contributed by atoms with van der Waals surface area (Å²) in [6, 6.07) is 6.37. The highest BCUT2D eigenvalue weighted by atomic mass is 32.2. The molecule has 1 aromatic carbocycles. The van der Waals surface area contributed by atoms with Crippen LogP contribution in [0.3, 0.4) is 0 Å². The zero-order chi connectivity index (χ0) is 14.7. The SMILES string of the molecule is CC(C)(C)[S+]([O-])NCCc1ccc(S(N)(=O)=O)cc1. The number of nitrogens with one attached hydrogen (secondary N) is 1. The Morgan fingerprint density at radius 2 is 1.79 bits per heavy atom. The minimum absolute atomic E-state index is 0.0995. The van der Waals surface area contributed by atoms with Crippen LogP contribution >= 0.6 is 0 Å². The molecule has 3 N–H and O–H groups in total. The van der Waals surface area contributed by atoms with Crippen LogP contribution in [0.4, 0.5) is 0 Å². The second-order valence-electron chi connectivity index (χ2n) is 5.21. The zero-order valence-corrected chi connectivity index (χ0v) is 13.0. The zero-order valence-electron chi connectivity index (χ0n) is 11.3. The van der Waals surface area contributed by atoms with E-state index < -0.39 is 21.4 Å². The quantitative estimate of drug-likeness (QED) is 0.791. The molecule has 19 heavy (non-hydrogen) atoms. The van der Waals surface area contributed by atoms with Crippen LogP contribution in [0.1, 0.15) is 26.3 Å². The van der Waals surface area contributed by atoms with Gasteiger partial charge in [-0.15, -0.1) is 4.72 Å². The summed E-state index contributed by atoms with van der Waals surface area (Å²) in [4.78, 5) is 0.0995. The van der Waals surface area contributed by atoms with E-state index in [0.717, 1.165) is 5.56 Å². The third-order valence-electron chi connectivity index (χ3n) is 2.45. The Kier molecular flexibility index (Phi) is 5.40. The standard InChI is InChI=1S/C12H20N2O3S2/c1-12(2,3)18(15)14-9-8-10-4-6-11(7-5-10)19(13,16)17/h4-7,14H,8-9H2,1-3H3,(H2,13,16,17). The first-order valence-corrected chi connectivity index (χ1v) is 8.57. The number of hydrogen-bond acceptors (Lipinski definition) is 4. The summed E-state index contributed by atoms with van der Waals surface area (Å²) >= 11 is -1.10. The minimum Gasteiger partial charge on any atom is -0.598 e. The van der Waals surface area contributed by atoms with E-state index in [1.54, 1.807) is 12.1 Å². The number of rotatable bonds is 5. The van der Waals surface area contributed by atoms with E-state index in [9.17, 15) is 13.0 Å². The van der Waals surface area contributed by atoms with Gasteiger partial charge in [-0.25, -0.2) is 13.6 Å². The molecule has 0 saturated heterocycles. The summed E-state index contributed by atoms with van der Waals surface area (Å²) in [7, 11) is -3.64. The van der Waals surface area contributed by atoms with E-state index in [1.165, 1.54) is 12.1 Å². The van der Waals surface area contributed by atoms with Gasteiger partial charge < -0.3 is 4.55 Å². The number of primary sulfonamides is 1. The van der Waals surface area contributed by atoms with Crippen LogP contribution in [0.25, 0.3) is 0 Å². The van der Waals surface area contributed by atoms with Crippen LogP contribution in [-0.4, -0.2) is 24.3 Å². The average molecular weight is 304 g/mol. The topological polar surface area (TPSA) is 95.2 Å². The van der Waals surface area contributed by atoms with Crippen molar-refractivity contribution in [2.24, 2.45) is 5.14 Å². The van der Waals surface area contributed by atoms with Gasteiger partial charge in [-0.3, -0.25) is 0 Å². The molecule has 1 unspecified atom stereocenters. The second kappa shape index (κ2) is 6.23. The maximum atomic E-state index is 11.7. The van der Waals surface area contributed by atoms with Crippen molar-refractivity contribution in [2.75, 3.05) is 6.54 Å². The molecule has 0 aromatic heterocycles. The summed E-state index contributed by atoms with van der Waals surface area (Å²) < 4.78 is 36.6. The molecular weight excluding hydrogens is 284 g/mol. The van der Waals surface area contributed by atoms with Crippen molar-refractivity contribution in [1.82, 2.24) is 4.72 Å². The highest BCUT2D eigenvalue weighted by Gasteiger charge is 2.25. The van der Waals surface area contributed by atoms with E-state index in [-0.39, 0.29) is 9.64 Å². The highest BCUT2D eigenvalue weighted by Crippen LogP contribution is 2.13. The molecule has 0 fully saturated rings. The fourth-order valence-corrected chi connectivity index (χ4v) is 2.59. The first-order valence-electron chi connectivity index (χ1n) is 5.88. The molecule has 5 nitrogen and oxygen atoms in total. The number of hydrogen-bond donors (Lipinski definition) is 2. The summed E-state index contributed by atoms with van der Waals surface area (Å²) in [6.45, 7) is 6.27. The van der Waals surface area contributed by atoms with E-state index in [4.69, 9.17) is 5.14 Å². The predicted octanol–water partition coefficient (Wildman–Crippen LogP) is 0.928. The van der Waals surface area contributed by atoms with E-state index in [0.29, 0.717) is 13.0 Å². The molecule has 0 saturated carbocycles. The molecular formula is C12H20N2O3S2. The summed E-state index contributed by atoms with van der Waals surface area (Å²) in [5.74, 6) is 0. The van der Waals surface area contributed by atoms with Gasteiger partial charge in [0, 0.05) is 17.9 Å². The molecule has 1 aromatic rings. The Hall–Kier alpha value is -0.600. The van der Waals surface area contributed by atoms with Crippen LogP contribution < -0.4 is 9.86 Å². The van der Waals surface area contributed by atoms with Gasteiger partial charge in [0.05, 0.1) is 4.90 Å². The fourth-order valence-electron chi connectivity index (χ4n) is 1.35. The molecule has 0 heterocycles.